The number of nitrogens with two attached hydrogens (primary N) is 1. The van der Waals surface area contributed by atoms with Crippen LogP contribution in [0.4, 0.5) is 0 Å². The Morgan fingerprint density at radius 1 is 1.28 bits per heavy atom. The summed E-state index contributed by atoms with van der Waals surface area (Å²) in [5.41, 5.74) is 6.46. The van der Waals surface area contributed by atoms with Gasteiger partial charge < -0.3 is 15.8 Å². The summed E-state index contributed by atoms with van der Waals surface area (Å²) in [5.74, 6) is -2.12. The number of ether oxygens (including phenoxy) is 1. The van der Waals surface area contributed by atoms with Crippen molar-refractivity contribution in [2.24, 2.45) is 11.7 Å². The molecule has 0 radical (unpaired) electrons. The fourth-order valence-corrected chi connectivity index (χ4v) is 2.51. The molecule has 2 amide bonds. The van der Waals surface area contributed by atoms with Crippen LogP contribution in [0.5, 0.6) is 0 Å². The lowest BCUT2D eigenvalue weighted by molar-refractivity contribution is -0.144. The van der Waals surface area contributed by atoms with Gasteiger partial charge >= 0.3 is 5.97 Å². The summed E-state index contributed by atoms with van der Waals surface area (Å²) in [6.45, 7) is 3.61. The monoisotopic (exact) mass is 343 g/mol. The van der Waals surface area contributed by atoms with Crippen molar-refractivity contribution in [1.29, 1.82) is 0 Å². The molecule has 0 unspecified atom stereocenters. The first-order valence-electron chi connectivity index (χ1n) is 8.03. The van der Waals surface area contributed by atoms with Gasteiger partial charge in [-0.2, -0.15) is 0 Å². The largest absolute Gasteiger partial charge is 0.466 e. The van der Waals surface area contributed by atoms with Gasteiger partial charge in [-0.3, -0.25) is 19.4 Å². The molecular formula is C18H21N3O4. The van der Waals surface area contributed by atoms with Gasteiger partial charge in [0.05, 0.1) is 24.1 Å². The summed E-state index contributed by atoms with van der Waals surface area (Å²) in [4.78, 5) is 39.9. The van der Waals surface area contributed by atoms with Crippen molar-refractivity contribution < 1.29 is 19.1 Å². The lowest BCUT2D eigenvalue weighted by Gasteiger charge is -2.21. The van der Waals surface area contributed by atoms with Gasteiger partial charge in [-0.25, -0.2) is 0 Å². The third-order valence-corrected chi connectivity index (χ3v) is 3.81. The molecule has 0 spiro atoms. The molecule has 2 atom stereocenters. The van der Waals surface area contributed by atoms with Crippen LogP contribution in [0.2, 0.25) is 0 Å². The van der Waals surface area contributed by atoms with Gasteiger partial charge in [0.25, 0.3) is 5.91 Å². The Balaban J connectivity index is 2.13. The molecule has 1 aromatic heterocycles. The quantitative estimate of drug-likeness (QED) is 0.738. The molecule has 0 bridgehead atoms. The fourth-order valence-electron chi connectivity index (χ4n) is 2.51. The van der Waals surface area contributed by atoms with E-state index < -0.39 is 29.7 Å². The Kier molecular flexibility index (Phi) is 6.05. The number of esters is 1. The minimum atomic E-state index is -0.983. The minimum Gasteiger partial charge on any atom is -0.466 e. The average molecular weight is 343 g/mol. The second-order valence-electron chi connectivity index (χ2n) is 5.76. The van der Waals surface area contributed by atoms with E-state index in [2.05, 4.69) is 10.3 Å². The molecule has 1 aromatic carbocycles. The van der Waals surface area contributed by atoms with Crippen LogP contribution in [-0.2, 0) is 14.3 Å². The number of para-hydroxylation sites is 1. The molecule has 1 heterocycles. The van der Waals surface area contributed by atoms with Gasteiger partial charge in [0.15, 0.2) is 0 Å². The molecule has 0 fully saturated rings. The van der Waals surface area contributed by atoms with Crippen LogP contribution in [0.3, 0.4) is 0 Å². The van der Waals surface area contributed by atoms with E-state index in [0.29, 0.717) is 5.56 Å². The fraction of sp³-hybridized carbons (Fsp3) is 0.333. The van der Waals surface area contributed by atoms with Crippen molar-refractivity contribution in [2.45, 2.75) is 26.3 Å². The van der Waals surface area contributed by atoms with Gasteiger partial charge in [0, 0.05) is 11.6 Å². The van der Waals surface area contributed by atoms with Crippen molar-refractivity contribution in [3.63, 3.8) is 0 Å². The smallest absolute Gasteiger partial charge is 0.306 e. The number of carbonyl (C=O) groups excluding carboxylic acids is 3. The number of benzene rings is 1. The molecular weight excluding hydrogens is 322 g/mol. The van der Waals surface area contributed by atoms with E-state index in [1.54, 1.807) is 19.9 Å². The Morgan fingerprint density at radius 3 is 2.68 bits per heavy atom. The molecule has 132 valence electrons. The number of nitrogens with zero attached hydrogens (tertiary/aromatic N) is 1. The van der Waals surface area contributed by atoms with Gasteiger partial charge in [-0.15, -0.1) is 0 Å². The number of hydrogen-bond donors (Lipinski definition) is 2. The zero-order chi connectivity index (χ0) is 18.4. The third-order valence-electron chi connectivity index (χ3n) is 3.81. The van der Waals surface area contributed by atoms with E-state index in [-0.39, 0.29) is 13.0 Å². The Bertz CT molecular complexity index is 791. The van der Waals surface area contributed by atoms with Crippen LogP contribution in [0.25, 0.3) is 10.9 Å². The number of nitrogens with one attached hydrogen (secondary N) is 1. The highest BCUT2D eigenvalue weighted by Crippen LogP contribution is 2.14. The molecule has 0 aliphatic rings. The number of aromatic nitrogens is 1. The molecule has 7 nitrogen and oxygen atoms in total. The summed E-state index contributed by atoms with van der Waals surface area (Å²) in [7, 11) is 0. The molecule has 2 rings (SSSR count). The van der Waals surface area contributed by atoms with Crippen LogP contribution in [-0.4, -0.2) is 35.4 Å². The maximum Gasteiger partial charge on any atom is 0.306 e. The first-order chi connectivity index (χ1) is 11.9. The standard InChI is InChI=1S/C18H21N3O4/c1-3-25-15(22)8-11(2)16(17(19)23)21-18(24)13-9-12-6-4-5-7-14(12)20-10-13/h4-7,9-11,16H,3,8H2,1-2H3,(H2,19,23)(H,21,24)/t11-,16+/m1/s1. The number of fused-ring (bicyclic) bond motifs is 1. The SMILES string of the molecule is CCOC(=O)C[C@@H](C)[C@H](NC(=O)c1cnc2ccccc2c1)C(N)=O. The summed E-state index contributed by atoms with van der Waals surface area (Å²) in [6, 6.07) is 8.09. The summed E-state index contributed by atoms with van der Waals surface area (Å²) in [6.07, 6.45) is 1.42. The molecule has 25 heavy (non-hydrogen) atoms. The molecule has 2 aromatic rings. The van der Waals surface area contributed by atoms with Crippen molar-refractivity contribution in [3.05, 3.63) is 42.1 Å². The summed E-state index contributed by atoms with van der Waals surface area (Å²) < 4.78 is 4.87. The predicted octanol–water partition coefficient (Wildman–Crippen LogP) is 1.41. The Labute approximate surface area is 145 Å². The maximum absolute atomic E-state index is 12.4. The Morgan fingerprint density at radius 2 is 2.00 bits per heavy atom. The molecule has 7 heteroatoms. The van der Waals surface area contributed by atoms with Crippen LogP contribution < -0.4 is 11.1 Å². The van der Waals surface area contributed by atoms with Crippen molar-refractivity contribution in [2.75, 3.05) is 6.61 Å². The minimum absolute atomic E-state index is 0.0162. The molecule has 0 saturated heterocycles. The van der Waals surface area contributed by atoms with Gasteiger partial charge in [-0.05, 0) is 25.0 Å². The lowest BCUT2D eigenvalue weighted by Crippen LogP contribution is -2.49. The molecule has 0 saturated carbocycles. The van der Waals surface area contributed by atoms with Crippen LogP contribution in [0.15, 0.2) is 36.5 Å². The normalized spacial score (nSPS) is 13.0. The maximum atomic E-state index is 12.4. The van der Waals surface area contributed by atoms with Gasteiger partial charge in [0.2, 0.25) is 5.91 Å². The average Bonchev–Trinajstić information content (AvgIpc) is 2.58. The number of rotatable bonds is 7. The van der Waals surface area contributed by atoms with Crippen LogP contribution in [0.1, 0.15) is 30.6 Å². The number of carbonyl (C=O) groups is 3. The third kappa shape index (κ3) is 4.76. The highest BCUT2D eigenvalue weighted by molar-refractivity contribution is 5.99. The van der Waals surface area contributed by atoms with E-state index in [9.17, 15) is 14.4 Å². The highest BCUT2D eigenvalue weighted by Gasteiger charge is 2.27. The van der Waals surface area contributed by atoms with E-state index in [0.717, 1.165) is 10.9 Å². The lowest BCUT2D eigenvalue weighted by atomic mass is 9.97. The second-order valence-corrected chi connectivity index (χ2v) is 5.76. The highest BCUT2D eigenvalue weighted by atomic mass is 16.5. The van der Waals surface area contributed by atoms with Crippen LogP contribution in [0, 0.1) is 5.92 Å². The molecule has 3 N–H and O–H groups in total. The molecule has 0 aliphatic carbocycles. The summed E-state index contributed by atoms with van der Waals surface area (Å²) >= 11 is 0. The number of primary amides is 1. The number of amides is 2. The zero-order valence-electron chi connectivity index (χ0n) is 14.2. The van der Waals surface area contributed by atoms with E-state index in [1.165, 1.54) is 6.20 Å². The first kappa shape index (κ1) is 18.4. The van der Waals surface area contributed by atoms with Gasteiger partial charge in [0.1, 0.15) is 6.04 Å². The summed E-state index contributed by atoms with van der Waals surface area (Å²) in [5, 5.41) is 3.39. The second kappa shape index (κ2) is 8.23. The van der Waals surface area contributed by atoms with Crippen molar-refractivity contribution in [1.82, 2.24) is 10.3 Å². The van der Waals surface area contributed by atoms with Crippen molar-refractivity contribution >= 4 is 28.7 Å². The topological polar surface area (TPSA) is 111 Å². The van der Waals surface area contributed by atoms with Crippen molar-refractivity contribution in [3.8, 4) is 0 Å². The van der Waals surface area contributed by atoms with E-state index in [4.69, 9.17) is 10.5 Å². The zero-order valence-corrected chi connectivity index (χ0v) is 14.2. The number of pyridine rings is 1. The van der Waals surface area contributed by atoms with Gasteiger partial charge in [-0.1, -0.05) is 25.1 Å². The Hall–Kier alpha value is -2.96. The molecule has 0 aliphatic heterocycles. The van der Waals surface area contributed by atoms with E-state index in [1.807, 2.05) is 24.3 Å². The van der Waals surface area contributed by atoms with Crippen LogP contribution >= 0.6 is 0 Å². The van der Waals surface area contributed by atoms with E-state index >= 15 is 0 Å². The predicted molar refractivity (Wildman–Crippen MR) is 92.6 cm³/mol. The number of hydrogen-bond acceptors (Lipinski definition) is 5. The first-order valence-corrected chi connectivity index (χ1v) is 8.03.